The lowest BCUT2D eigenvalue weighted by Crippen LogP contribution is -2.15. The minimum Gasteiger partial charge on any atom is -0.282 e. The summed E-state index contributed by atoms with van der Waals surface area (Å²) >= 11 is 0. The molecule has 0 aliphatic heterocycles. The second-order valence-electron chi connectivity index (χ2n) is 4.39. The monoisotopic (exact) mass is 313 g/mol. The van der Waals surface area contributed by atoms with Crippen LogP contribution in [-0.4, -0.2) is 29.3 Å². The highest BCUT2D eigenvalue weighted by Crippen LogP contribution is 2.29. The van der Waals surface area contributed by atoms with Crippen molar-refractivity contribution in [2.75, 3.05) is 22.0 Å². The Hall–Kier alpha value is -1.80. The number of benzene rings is 2. The minimum absolute atomic E-state index is 0.0663. The summed E-state index contributed by atoms with van der Waals surface area (Å²) in [6.07, 6.45) is 1.98. The summed E-state index contributed by atoms with van der Waals surface area (Å²) in [6, 6.07) is 11.5. The molecule has 6 nitrogen and oxygen atoms in total. The van der Waals surface area contributed by atoms with E-state index in [0.717, 1.165) is 17.9 Å². The number of sulfonamides is 2. The van der Waals surface area contributed by atoms with Gasteiger partial charge in [0.15, 0.2) is 0 Å². The van der Waals surface area contributed by atoms with Gasteiger partial charge in [0.1, 0.15) is 0 Å². The average Bonchev–Trinajstić information content (AvgIpc) is 2.26. The average molecular weight is 313 g/mol. The molecule has 2 aromatic carbocycles. The quantitative estimate of drug-likeness (QED) is 0.892. The maximum atomic E-state index is 11.4. The second kappa shape index (κ2) is 4.95. The van der Waals surface area contributed by atoms with Crippen LogP contribution < -0.4 is 9.44 Å². The van der Waals surface area contributed by atoms with E-state index in [1.807, 2.05) is 0 Å². The molecule has 0 aliphatic carbocycles. The molecule has 0 saturated heterocycles. The van der Waals surface area contributed by atoms with Crippen molar-refractivity contribution in [3.8, 4) is 0 Å². The molecule has 0 aliphatic rings. The summed E-state index contributed by atoms with van der Waals surface area (Å²) in [5.41, 5.74) is 0.202. The van der Waals surface area contributed by atoms with Gasteiger partial charge in [-0.2, -0.15) is 0 Å². The van der Waals surface area contributed by atoms with Gasteiger partial charge in [0.25, 0.3) is 0 Å². The van der Waals surface area contributed by atoms with Crippen LogP contribution in [0.1, 0.15) is 0 Å². The van der Waals surface area contributed by atoms with E-state index < -0.39 is 20.0 Å². The van der Waals surface area contributed by atoms with Gasteiger partial charge in [0, 0.05) is 6.07 Å². The zero-order valence-corrected chi connectivity index (χ0v) is 12.5. The summed E-state index contributed by atoms with van der Waals surface area (Å²) in [5, 5.41) is 1.43. The highest BCUT2D eigenvalue weighted by molar-refractivity contribution is 7.92. The molecule has 2 aromatic rings. The van der Waals surface area contributed by atoms with E-state index >= 15 is 0 Å². The van der Waals surface area contributed by atoms with Crippen molar-refractivity contribution in [3.05, 3.63) is 36.4 Å². The van der Waals surface area contributed by atoms with Crippen LogP contribution in [0.15, 0.2) is 30.3 Å². The fourth-order valence-corrected chi connectivity index (χ4v) is 2.80. The Bertz CT molecular complexity index is 786. The topological polar surface area (TPSA) is 92.3 Å². The molecule has 0 atom stereocenters. The summed E-state index contributed by atoms with van der Waals surface area (Å²) < 4.78 is 49.9. The molecule has 0 amide bonds. The molecule has 0 bridgehead atoms. The predicted octanol–water partition coefficient (Wildman–Crippen LogP) is 1.38. The van der Waals surface area contributed by atoms with Crippen LogP contribution in [0.3, 0.4) is 0 Å². The molecule has 0 heterocycles. The van der Waals surface area contributed by atoms with E-state index in [1.165, 1.54) is 0 Å². The Morgan fingerprint density at radius 2 is 1.55 bits per heavy atom. The molecule has 20 heavy (non-hydrogen) atoms. The van der Waals surface area contributed by atoms with Crippen LogP contribution in [0, 0.1) is 6.07 Å². The molecular weight excluding hydrogens is 300 g/mol. The van der Waals surface area contributed by atoms with Crippen LogP contribution >= 0.6 is 0 Å². The molecule has 107 valence electrons. The molecule has 0 spiro atoms. The molecule has 2 rings (SSSR count). The fraction of sp³-hybridized carbons (Fsp3) is 0.167. The van der Waals surface area contributed by atoms with Gasteiger partial charge in [-0.05, 0) is 16.8 Å². The molecule has 2 N–H and O–H groups in total. The van der Waals surface area contributed by atoms with Crippen molar-refractivity contribution in [3.63, 3.8) is 0 Å². The Morgan fingerprint density at radius 1 is 0.950 bits per heavy atom. The van der Waals surface area contributed by atoms with E-state index in [0.29, 0.717) is 5.39 Å². The maximum absolute atomic E-state index is 11.4. The van der Waals surface area contributed by atoms with E-state index in [1.54, 1.807) is 30.3 Å². The van der Waals surface area contributed by atoms with Crippen LogP contribution in [-0.2, 0) is 20.0 Å². The number of nitrogens with one attached hydrogen (secondary N) is 2. The first-order valence-electron chi connectivity index (χ1n) is 5.55. The number of anilines is 2. The third kappa shape index (κ3) is 3.84. The molecule has 0 fully saturated rings. The van der Waals surface area contributed by atoms with Crippen molar-refractivity contribution in [2.24, 2.45) is 0 Å². The standard InChI is InChI=1S/C12H13N2O4S2/c1-19(15,16)13-11-7-9-5-3-4-6-10(9)8-12(11)14-20(2,17)18/h3-7,13-14H,1-2H3. The van der Waals surface area contributed by atoms with Crippen molar-refractivity contribution < 1.29 is 16.8 Å². The van der Waals surface area contributed by atoms with Gasteiger partial charge in [-0.3, -0.25) is 9.44 Å². The lowest BCUT2D eigenvalue weighted by molar-refractivity contribution is 0.604. The normalized spacial score (nSPS) is 12.3. The Balaban J connectivity index is 2.64. The minimum atomic E-state index is -3.54. The number of hydrogen-bond donors (Lipinski definition) is 2. The Kier molecular flexibility index (Phi) is 3.61. The third-order valence-electron chi connectivity index (χ3n) is 2.37. The zero-order valence-electron chi connectivity index (χ0n) is 10.8. The largest absolute Gasteiger partial charge is 0.282 e. The van der Waals surface area contributed by atoms with Gasteiger partial charge in [-0.15, -0.1) is 0 Å². The van der Waals surface area contributed by atoms with Gasteiger partial charge in [0.2, 0.25) is 20.0 Å². The lowest BCUT2D eigenvalue weighted by Gasteiger charge is -2.13. The van der Waals surface area contributed by atoms with Crippen molar-refractivity contribution >= 4 is 42.2 Å². The summed E-state index contributed by atoms with van der Waals surface area (Å²) in [5.74, 6) is 0. The summed E-state index contributed by atoms with van der Waals surface area (Å²) in [4.78, 5) is 0. The van der Waals surface area contributed by atoms with Crippen molar-refractivity contribution in [1.29, 1.82) is 0 Å². The van der Waals surface area contributed by atoms with Gasteiger partial charge in [-0.25, -0.2) is 16.8 Å². The van der Waals surface area contributed by atoms with Gasteiger partial charge in [0.05, 0.1) is 23.9 Å². The summed E-state index contributed by atoms with van der Waals surface area (Å²) in [6.45, 7) is 0. The van der Waals surface area contributed by atoms with Crippen LogP contribution in [0.2, 0.25) is 0 Å². The Morgan fingerprint density at radius 3 is 2.15 bits per heavy atom. The smallest absolute Gasteiger partial charge is 0.229 e. The van der Waals surface area contributed by atoms with Crippen LogP contribution in [0.4, 0.5) is 11.4 Å². The molecule has 1 radical (unpaired) electrons. The van der Waals surface area contributed by atoms with E-state index in [9.17, 15) is 16.8 Å². The number of rotatable bonds is 4. The van der Waals surface area contributed by atoms with E-state index in [2.05, 4.69) is 15.5 Å². The first-order chi connectivity index (χ1) is 9.14. The van der Waals surface area contributed by atoms with Crippen LogP contribution in [0.25, 0.3) is 10.8 Å². The van der Waals surface area contributed by atoms with Crippen molar-refractivity contribution in [2.45, 2.75) is 0 Å². The molecule has 8 heteroatoms. The first-order valence-corrected chi connectivity index (χ1v) is 9.33. The van der Waals surface area contributed by atoms with E-state index in [4.69, 9.17) is 0 Å². The van der Waals surface area contributed by atoms with Crippen LogP contribution in [0.5, 0.6) is 0 Å². The zero-order chi connectivity index (χ0) is 15.0. The molecule has 0 unspecified atom stereocenters. The third-order valence-corrected chi connectivity index (χ3v) is 3.54. The maximum Gasteiger partial charge on any atom is 0.229 e. The molecule has 0 saturated carbocycles. The van der Waals surface area contributed by atoms with Gasteiger partial charge < -0.3 is 0 Å². The molecular formula is C12H13N2O4S2. The lowest BCUT2D eigenvalue weighted by atomic mass is 10.1. The molecule has 0 aromatic heterocycles. The highest BCUT2D eigenvalue weighted by atomic mass is 32.2. The Labute approximate surface area is 117 Å². The highest BCUT2D eigenvalue weighted by Gasteiger charge is 2.12. The predicted molar refractivity (Wildman–Crippen MR) is 79.7 cm³/mol. The number of hydrogen-bond acceptors (Lipinski definition) is 4. The number of fused-ring (bicyclic) bond motifs is 1. The van der Waals surface area contributed by atoms with Crippen molar-refractivity contribution in [1.82, 2.24) is 0 Å². The van der Waals surface area contributed by atoms with E-state index in [-0.39, 0.29) is 11.4 Å². The first kappa shape index (κ1) is 14.6. The van der Waals surface area contributed by atoms with Gasteiger partial charge >= 0.3 is 0 Å². The fourth-order valence-electron chi connectivity index (χ4n) is 1.71. The summed E-state index contributed by atoms with van der Waals surface area (Å²) in [7, 11) is -7.07. The SMILES string of the molecule is CS(=O)(=O)Nc1[c]c2ccccc2cc1NS(C)(=O)=O. The second-order valence-corrected chi connectivity index (χ2v) is 7.89. The van der Waals surface area contributed by atoms with Gasteiger partial charge in [-0.1, -0.05) is 24.3 Å².